The molecule has 1 aliphatic heterocycles. The van der Waals surface area contributed by atoms with E-state index in [2.05, 4.69) is 26.6 Å². The number of hydrogen-bond acceptors (Lipinski definition) is 5. The number of nitrogens with zero attached hydrogens (tertiary/aromatic N) is 3. The normalized spacial score (nSPS) is 14.8. The van der Waals surface area contributed by atoms with Crippen molar-refractivity contribution in [2.45, 2.75) is 0 Å². The standard InChI is InChI=1S/C18H17ClN4S/c19-14-5-3-13(4-6-14)16-12-24-18(22-16)15-2-1-7-21-17(15)23-10-8-20-9-11-23/h1-7,12,20H,8-11H2. The van der Waals surface area contributed by atoms with Crippen molar-refractivity contribution >= 4 is 28.8 Å². The number of rotatable bonds is 3. The number of piperazine rings is 1. The largest absolute Gasteiger partial charge is 0.353 e. The van der Waals surface area contributed by atoms with E-state index in [0.717, 1.165) is 58.8 Å². The Hall–Kier alpha value is -1.95. The van der Waals surface area contributed by atoms with Crippen LogP contribution in [0.4, 0.5) is 5.82 Å². The molecule has 3 aromatic rings. The molecule has 0 saturated carbocycles. The van der Waals surface area contributed by atoms with E-state index >= 15 is 0 Å². The monoisotopic (exact) mass is 356 g/mol. The minimum Gasteiger partial charge on any atom is -0.353 e. The molecule has 0 atom stereocenters. The molecule has 1 fully saturated rings. The Morgan fingerprint density at radius 3 is 2.67 bits per heavy atom. The van der Waals surface area contributed by atoms with Gasteiger partial charge in [-0.05, 0) is 24.3 Å². The predicted octanol–water partition coefficient (Wildman–Crippen LogP) is 3.94. The summed E-state index contributed by atoms with van der Waals surface area (Å²) in [5.74, 6) is 1.02. The lowest BCUT2D eigenvalue weighted by molar-refractivity contribution is 0.585. The molecular formula is C18H17ClN4S. The van der Waals surface area contributed by atoms with Crippen molar-refractivity contribution in [1.29, 1.82) is 0 Å². The summed E-state index contributed by atoms with van der Waals surface area (Å²) in [5.41, 5.74) is 3.15. The molecule has 6 heteroatoms. The van der Waals surface area contributed by atoms with Gasteiger partial charge in [0.2, 0.25) is 0 Å². The minimum atomic E-state index is 0.738. The molecule has 2 aromatic heterocycles. The summed E-state index contributed by atoms with van der Waals surface area (Å²) in [6.07, 6.45) is 1.86. The highest BCUT2D eigenvalue weighted by molar-refractivity contribution is 7.13. The van der Waals surface area contributed by atoms with E-state index in [0.29, 0.717) is 0 Å². The van der Waals surface area contributed by atoms with Crippen molar-refractivity contribution < 1.29 is 0 Å². The lowest BCUT2D eigenvalue weighted by Gasteiger charge is -2.29. The molecule has 3 heterocycles. The Labute approximate surface area is 150 Å². The molecule has 4 nitrogen and oxygen atoms in total. The predicted molar refractivity (Wildman–Crippen MR) is 101 cm³/mol. The van der Waals surface area contributed by atoms with Gasteiger partial charge in [-0.15, -0.1) is 11.3 Å². The topological polar surface area (TPSA) is 41.1 Å². The first-order chi connectivity index (χ1) is 11.8. The maximum absolute atomic E-state index is 5.97. The minimum absolute atomic E-state index is 0.738. The molecule has 1 aromatic carbocycles. The fraction of sp³-hybridized carbons (Fsp3) is 0.222. The first-order valence-corrected chi connectivity index (χ1v) is 9.19. The van der Waals surface area contributed by atoms with Crippen LogP contribution in [0.5, 0.6) is 0 Å². The maximum atomic E-state index is 5.97. The summed E-state index contributed by atoms with van der Waals surface area (Å²) >= 11 is 7.62. The molecule has 0 bridgehead atoms. The summed E-state index contributed by atoms with van der Waals surface area (Å²) in [4.78, 5) is 11.8. The van der Waals surface area contributed by atoms with Gasteiger partial charge in [-0.1, -0.05) is 23.7 Å². The van der Waals surface area contributed by atoms with Gasteiger partial charge in [0.05, 0.1) is 11.3 Å². The first-order valence-electron chi connectivity index (χ1n) is 7.94. The molecule has 1 saturated heterocycles. The summed E-state index contributed by atoms with van der Waals surface area (Å²) in [6.45, 7) is 3.92. The number of nitrogens with one attached hydrogen (secondary N) is 1. The van der Waals surface area contributed by atoms with Crippen molar-refractivity contribution in [3.8, 4) is 21.8 Å². The zero-order chi connectivity index (χ0) is 16.4. The van der Waals surface area contributed by atoms with Crippen LogP contribution in [0.1, 0.15) is 0 Å². The molecule has 1 aliphatic rings. The second-order valence-electron chi connectivity index (χ2n) is 5.66. The fourth-order valence-corrected chi connectivity index (χ4v) is 3.82. The highest BCUT2D eigenvalue weighted by Gasteiger charge is 2.18. The van der Waals surface area contributed by atoms with Crippen molar-refractivity contribution in [3.05, 3.63) is 53.0 Å². The number of benzene rings is 1. The molecule has 0 spiro atoms. The Bertz CT molecular complexity index is 825. The number of pyridine rings is 1. The van der Waals surface area contributed by atoms with Gasteiger partial charge in [0, 0.05) is 48.3 Å². The van der Waals surface area contributed by atoms with E-state index in [1.807, 2.05) is 36.5 Å². The van der Waals surface area contributed by atoms with Crippen molar-refractivity contribution in [1.82, 2.24) is 15.3 Å². The van der Waals surface area contributed by atoms with Crippen molar-refractivity contribution in [2.75, 3.05) is 31.1 Å². The SMILES string of the molecule is Clc1ccc(-c2csc(-c3cccnc3N3CCNCC3)n2)cc1. The van der Waals surface area contributed by atoms with E-state index in [-0.39, 0.29) is 0 Å². The number of hydrogen-bond donors (Lipinski definition) is 1. The van der Waals surface area contributed by atoms with Gasteiger partial charge in [0.15, 0.2) is 0 Å². The number of halogens is 1. The molecule has 24 heavy (non-hydrogen) atoms. The molecule has 1 N–H and O–H groups in total. The van der Waals surface area contributed by atoms with Crippen LogP contribution in [0, 0.1) is 0 Å². The Kier molecular flexibility index (Phi) is 4.47. The Morgan fingerprint density at radius 2 is 1.88 bits per heavy atom. The molecule has 0 aliphatic carbocycles. The second kappa shape index (κ2) is 6.89. The third-order valence-electron chi connectivity index (χ3n) is 4.08. The fourth-order valence-electron chi connectivity index (χ4n) is 2.84. The van der Waals surface area contributed by atoms with Crippen LogP contribution in [-0.4, -0.2) is 36.1 Å². The highest BCUT2D eigenvalue weighted by Crippen LogP contribution is 2.34. The van der Waals surface area contributed by atoms with Crippen LogP contribution in [-0.2, 0) is 0 Å². The van der Waals surface area contributed by atoms with Gasteiger partial charge in [-0.3, -0.25) is 0 Å². The molecule has 0 unspecified atom stereocenters. The van der Waals surface area contributed by atoms with Gasteiger partial charge < -0.3 is 10.2 Å². The molecule has 0 amide bonds. The van der Waals surface area contributed by atoms with E-state index < -0.39 is 0 Å². The quantitative estimate of drug-likeness (QED) is 0.771. The summed E-state index contributed by atoms with van der Waals surface area (Å²) in [5, 5.41) is 7.21. The van der Waals surface area contributed by atoms with Crippen LogP contribution in [0.15, 0.2) is 48.0 Å². The number of aromatic nitrogens is 2. The Morgan fingerprint density at radius 1 is 1.08 bits per heavy atom. The number of anilines is 1. The van der Waals surface area contributed by atoms with Crippen molar-refractivity contribution in [3.63, 3.8) is 0 Å². The number of thiazole rings is 1. The summed E-state index contributed by atoms with van der Waals surface area (Å²) in [7, 11) is 0. The Balaban J connectivity index is 1.68. The zero-order valence-electron chi connectivity index (χ0n) is 13.1. The van der Waals surface area contributed by atoms with Crippen molar-refractivity contribution in [2.24, 2.45) is 0 Å². The average Bonchev–Trinajstić information content (AvgIpc) is 3.13. The van der Waals surface area contributed by atoms with E-state index in [9.17, 15) is 0 Å². The van der Waals surface area contributed by atoms with Gasteiger partial charge in [0.25, 0.3) is 0 Å². The highest BCUT2D eigenvalue weighted by atomic mass is 35.5. The molecule has 0 radical (unpaired) electrons. The van der Waals surface area contributed by atoms with Gasteiger partial charge in [-0.2, -0.15) is 0 Å². The molecule has 4 rings (SSSR count). The maximum Gasteiger partial charge on any atom is 0.138 e. The first kappa shape index (κ1) is 15.6. The third-order valence-corrected chi connectivity index (χ3v) is 5.21. The molecule has 122 valence electrons. The van der Waals surface area contributed by atoms with Crippen LogP contribution < -0.4 is 10.2 Å². The lowest BCUT2D eigenvalue weighted by Crippen LogP contribution is -2.44. The lowest BCUT2D eigenvalue weighted by atomic mass is 10.2. The van der Waals surface area contributed by atoms with Crippen LogP contribution in [0.2, 0.25) is 5.02 Å². The average molecular weight is 357 g/mol. The van der Waals surface area contributed by atoms with Crippen LogP contribution in [0.3, 0.4) is 0 Å². The zero-order valence-corrected chi connectivity index (χ0v) is 14.6. The smallest absolute Gasteiger partial charge is 0.138 e. The van der Waals surface area contributed by atoms with Crippen LogP contribution >= 0.6 is 22.9 Å². The van der Waals surface area contributed by atoms with Gasteiger partial charge in [0.1, 0.15) is 10.8 Å². The second-order valence-corrected chi connectivity index (χ2v) is 6.95. The summed E-state index contributed by atoms with van der Waals surface area (Å²) < 4.78 is 0. The van der Waals surface area contributed by atoms with E-state index in [4.69, 9.17) is 16.6 Å². The van der Waals surface area contributed by atoms with E-state index in [1.54, 1.807) is 11.3 Å². The van der Waals surface area contributed by atoms with E-state index in [1.165, 1.54) is 0 Å². The molecular weight excluding hydrogens is 340 g/mol. The van der Waals surface area contributed by atoms with Gasteiger partial charge in [-0.25, -0.2) is 9.97 Å². The summed E-state index contributed by atoms with van der Waals surface area (Å²) in [6, 6.07) is 11.9. The third kappa shape index (κ3) is 3.15. The van der Waals surface area contributed by atoms with Crippen LogP contribution in [0.25, 0.3) is 21.8 Å². The van der Waals surface area contributed by atoms with Gasteiger partial charge >= 0.3 is 0 Å².